The van der Waals surface area contributed by atoms with Crippen LogP contribution in [0.1, 0.15) is 19.8 Å². The Hall–Kier alpha value is -0.840. The second-order valence-electron chi connectivity index (χ2n) is 2.82. The van der Waals surface area contributed by atoms with Crippen LogP contribution in [0.4, 0.5) is 0 Å². The van der Waals surface area contributed by atoms with Crippen molar-refractivity contribution in [3.63, 3.8) is 0 Å². The van der Waals surface area contributed by atoms with Gasteiger partial charge in [0.25, 0.3) is 0 Å². The number of esters is 2. The highest BCUT2D eigenvalue weighted by Crippen LogP contribution is 2.21. The Labute approximate surface area is 80.0 Å². The molecule has 1 aliphatic rings. The summed E-state index contributed by atoms with van der Waals surface area (Å²) in [6.45, 7) is 1.47. The summed E-state index contributed by atoms with van der Waals surface area (Å²) in [5, 5.41) is 0.0256. The molecule has 0 N–H and O–H groups in total. The van der Waals surface area contributed by atoms with Gasteiger partial charge in [0.05, 0.1) is 12.3 Å². The van der Waals surface area contributed by atoms with Gasteiger partial charge in [0.15, 0.2) is 5.12 Å². The molecule has 0 aliphatic carbocycles. The van der Waals surface area contributed by atoms with Crippen LogP contribution in [0.25, 0.3) is 0 Å². The SMILES string of the molecule is CC(=O)SCC[C@@H]1CC(=O)OC1=O. The zero-order chi connectivity index (χ0) is 9.84. The van der Waals surface area contributed by atoms with Crippen LogP contribution in [0.15, 0.2) is 0 Å². The first-order valence-electron chi connectivity index (χ1n) is 3.97. The Bertz CT molecular complexity index is 249. The number of ether oxygens (including phenoxy) is 1. The van der Waals surface area contributed by atoms with Gasteiger partial charge < -0.3 is 4.74 Å². The van der Waals surface area contributed by atoms with Crippen molar-refractivity contribution in [3.05, 3.63) is 0 Å². The predicted molar refractivity (Wildman–Crippen MR) is 47.0 cm³/mol. The van der Waals surface area contributed by atoms with Crippen molar-refractivity contribution >= 4 is 28.8 Å². The van der Waals surface area contributed by atoms with Gasteiger partial charge in [-0.2, -0.15) is 0 Å². The van der Waals surface area contributed by atoms with Crippen LogP contribution < -0.4 is 0 Å². The average molecular weight is 202 g/mol. The van der Waals surface area contributed by atoms with Crippen LogP contribution in [0.3, 0.4) is 0 Å². The summed E-state index contributed by atoms with van der Waals surface area (Å²) in [6.07, 6.45) is 0.701. The van der Waals surface area contributed by atoms with E-state index in [1.807, 2.05) is 0 Å². The van der Waals surface area contributed by atoms with Gasteiger partial charge in [-0.1, -0.05) is 11.8 Å². The number of hydrogen-bond acceptors (Lipinski definition) is 5. The zero-order valence-corrected chi connectivity index (χ0v) is 8.06. The number of carbonyl (C=O) groups is 3. The van der Waals surface area contributed by atoms with Crippen LogP contribution in [0.5, 0.6) is 0 Å². The molecule has 4 nitrogen and oxygen atoms in total. The maximum absolute atomic E-state index is 10.9. The van der Waals surface area contributed by atoms with Crippen LogP contribution in [-0.4, -0.2) is 22.8 Å². The van der Waals surface area contributed by atoms with E-state index in [-0.39, 0.29) is 17.5 Å². The maximum Gasteiger partial charge on any atom is 0.317 e. The smallest absolute Gasteiger partial charge is 0.317 e. The van der Waals surface area contributed by atoms with Gasteiger partial charge in [0.1, 0.15) is 0 Å². The van der Waals surface area contributed by atoms with E-state index in [4.69, 9.17) is 0 Å². The number of carbonyl (C=O) groups excluding carboxylic acids is 3. The van der Waals surface area contributed by atoms with Gasteiger partial charge in [-0.25, -0.2) is 0 Å². The summed E-state index contributed by atoms with van der Waals surface area (Å²) in [5.74, 6) is -0.668. The van der Waals surface area contributed by atoms with Crippen LogP contribution in [0, 0.1) is 5.92 Å². The van der Waals surface area contributed by atoms with Crippen molar-refractivity contribution in [1.29, 1.82) is 0 Å². The summed E-state index contributed by atoms with van der Waals surface area (Å²) in [5.41, 5.74) is 0. The Morgan fingerprint density at radius 1 is 1.62 bits per heavy atom. The molecule has 5 heteroatoms. The van der Waals surface area contributed by atoms with Gasteiger partial charge in [-0.3, -0.25) is 14.4 Å². The van der Waals surface area contributed by atoms with Crippen molar-refractivity contribution in [1.82, 2.24) is 0 Å². The molecule has 0 amide bonds. The summed E-state index contributed by atoms with van der Waals surface area (Å²) < 4.78 is 4.36. The highest BCUT2D eigenvalue weighted by molar-refractivity contribution is 8.13. The Morgan fingerprint density at radius 3 is 2.77 bits per heavy atom. The summed E-state index contributed by atoms with van der Waals surface area (Å²) in [7, 11) is 0. The third kappa shape index (κ3) is 3.18. The second kappa shape index (κ2) is 4.41. The molecular weight excluding hydrogens is 192 g/mol. The van der Waals surface area contributed by atoms with Gasteiger partial charge in [0.2, 0.25) is 0 Å². The normalized spacial score (nSPS) is 21.8. The average Bonchev–Trinajstić information content (AvgIpc) is 2.29. The molecule has 1 rings (SSSR count). The summed E-state index contributed by atoms with van der Waals surface area (Å²) in [4.78, 5) is 32.1. The summed E-state index contributed by atoms with van der Waals surface area (Å²) >= 11 is 1.16. The fraction of sp³-hybridized carbons (Fsp3) is 0.625. The Kier molecular flexibility index (Phi) is 3.48. The van der Waals surface area contributed by atoms with Gasteiger partial charge in [-0.05, 0) is 6.42 Å². The lowest BCUT2D eigenvalue weighted by molar-refractivity contribution is -0.153. The predicted octanol–water partition coefficient (Wildman–Crippen LogP) is 0.746. The van der Waals surface area contributed by atoms with E-state index >= 15 is 0 Å². The molecule has 0 aromatic heterocycles. The third-order valence-electron chi connectivity index (χ3n) is 1.73. The molecule has 1 fully saturated rings. The minimum absolute atomic E-state index is 0.0256. The molecule has 0 radical (unpaired) electrons. The Morgan fingerprint density at radius 2 is 2.31 bits per heavy atom. The fourth-order valence-corrected chi connectivity index (χ4v) is 1.78. The van der Waals surface area contributed by atoms with Crippen molar-refractivity contribution in [2.75, 3.05) is 5.75 Å². The highest BCUT2D eigenvalue weighted by Gasteiger charge is 2.32. The van der Waals surface area contributed by atoms with Crippen LogP contribution in [0.2, 0.25) is 0 Å². The van der Waals surface area contributed by atoms with E-state index in [0.29, 0.717) is 12.2 Å². The molecule has 13 heavy (non-hydrogen) atoms. The van der Waals surface area contributed by atoms with E-state index in [1.54, 1.807) is 0 Å². The van der Waals surface area contributed by atoms with Gasteiger partial charge in [-0.15, -0.1) is 0 Å². The second-order valence-corrected chi connectivity index (χ2v) is 4.09. The zero-order valence-electron chi connectivity index (χ0n) is 7.24. The lowest BCUT2D eigenvalue weighted by Gasteiger charge is -2.01. The molecule has 72 valence electrons. The third-order valence-corrected chi connectivity index (χ3v) is 2.58. The summed E-state index contributed by atoms with van der Waals surface area (Å²) in [6, 6.07) is 0. The molecule has 0 aromatic rings. The fourth-order valence-electron chi connectivity index (χ4n) is 1.09. The van der Waals surface area contributed by atoms with Crippen molar-refractivity contribution < 1.29 is 19.1 Å². The highest BCUT2D eigenvalue weighted by atomic mass is 32.2. The van der Waals surface area contributed by atoms with E-state index in [9.17, 15) is 14.4 Å². The van der Waals surface area contributed by atoms with Gasteiger partial charge in [0, 0.05) is 12.7 Å². The van der Waals surface area contributed by atoms with E-state index in [1.165, 1.54) is 6.92 Å². The lowest BCUT2D eigenvalue weighted by Crippen LogP contribution is -2.08. The quantitative estimate of drug-likeness (QED) is 0.499. The first-order chi connectivity index (χ1) is 6.09. The molecule has 0 aromatic carbocycles. The van der Waals surface area contributed by atoms with Gasteiger partial charge >= 0.3 is 11.9 Å². The lowest BCUT2D eigenvalue weighted by atomic mass is 10.1. The Balaban J connectivity index is 2.26. The number of thioether (sulfide) groups is 1. The largest absolute Gasteiger partial charge is 0.393 e. The molecule has 1 atom stereocenters. The molecule has 1 saturated heterocycles. The van der Waals surface area contributed by atoms with E-state index < -0.39 is 11.9 Å². The number of rotatable bonds is 3. The molecule has 1 aliphatic heterocycles. The van der Waals surface area contributed by atoms with Crippen LogP contribution in [-0.2, 0) is 19.1 Å². The first-order valence-corrected chi connectivity index (χ1v) is 4.96. The standard InChI is InChI=1S/C8H10O4S/c1-5(9)13-3-2-6-4-7(10)12-8(6)11/h6H,2-4H2,1H3/t6-/m1/s1. The number of cyclic esters (lactones) is 2. The molecule has 0 bridgehead atoms. The molecule has 1 heterocycles. The maximum atomic E-state index is 10.9. The first kappa shape index (κ1) is 10.2. The van der Waals surface area contributed by atoms with Crippen molar-refractivity contribution in [2.45, 2.75) is 19.8 Å². The van der Waals surface area contributed by atoms with Crippen molar-refractivity contribution in [3.8, 4) is 0 Å². The minimum Gasteiger partial charge on any atom is -0.393 e. The molecule has 0 spiro atoms. The van der Waals surface area contributed by atoms with E-state index in [2.05, 4.69) is 4.74 Å². The van der Waals surface area contributed by atoms with E-state index in [0.717, 1.165) is 11.8 Å². The minimum atomic E-state index is -0.456. The molecule has 0 saturated carbocycles. The van der Waals surface area contributed by atoms with Crippen LogP contribution >= 0.6 is 11.8 Å². The number of hydrogen-bond donors (Lipinski definition) is 0. The molecular formula is C8H10O4S. The monoisotopic (exact) mass is 202 g/mol. The topological polar surface area (TPSA) is 60.4 Å². The van der Waals surface area contributed by atoms with Crippen molar-refractivity contribution in [2.24, 2.45) is 5.92 Å². The molecule has 0 unspecified atom stereocenters.